The third-order valence-electron chi connectivity index (χ3n) is 3.79. The summed E-state index contributed by atoms with van der Waals surface area (Å²) in [5, 5.41) is 3.59. The number of anilines is 1. The molecule has 24 heavy (non-hydrogen) atoms. The van der Waals surface area contributed by atoms with Crippen molar-refractivity contribution < 1.29 is 9.59 Å². The monoisotopic (exact) mass is 364 g/mol. The molecule has 124 valence electrons. The molecule has 0 radical (unpaired) electrons. The van der Waals surface area contributed by atoms with E-state index in [1.54, 1.807) is 18.2 Å². The van der Waals surface area contributed by atoms with E-state index in [2.05, 4.69) is 15.3 Å². The van der Waals surface area contributed by atoms with Gasteiger partial charge >= 0.3 is 0 Å². The second-order valence-corrected chi connectivity index (χ2v) is 6.20. The molecule has 1 aliphatic heterocycles. The van der Waals surface area contributed by atoms with Crippen molar-refractivity contribution in [2.24, 2.45) is 0 Å². The Labute approximate surface area is 148 Å². The second-order valence-electron chi connectivity index (χ2n) is 5.36. The lowest BCUT2D eigenvalue weighted by atomic mass is 10.2. The summed E-state index contributed by atoms with van der Waals surface area (Å²) in [4.78, 5) is 34.5. The number of nitrogens with zero attached hydrogens (tertiary/aromatic N) is 3. The highest BCUT2D eigenvalue weighted by Crippen LogP contribution is 2.27. The summed E-state index contributed by atoms with van der Waals surface area (Å²) in [6, 6.07) is 4.26. The van der Waals surface area contributed by atoms with Crippen LogP contribution >= 0.6 is 23.2 Å². The maximum Gasteiger partial charge on any atom is 0.274 e. The van der Waals surface area contributed by atoms with Crippen molar-refractivity contribution in [3.63, 3.8) is 0 Å². The number of hydrogen-bond donors (Lipinski definition) is 1. The average molecular weight is 365 g/mol. The van der Waals surface area contributed by atoms with E-state index in [1.165, 1.54) is 23.5 Å². The highest BCUT2D eigenvalue weighted by molar-refractivity contribution is 6.36. The zero-order valence-electron chi connectivity index (χ0n) is 12.6. The number of halogens is 2. The fraction of sp³-hybridized carbons (Fsp3) is 0.250. The number of likely N-dealkylation sites (tertiary alicyclic amines) is 1. The Balaban J connectivity index is 1.75. The molecule has 2 amide bonds. The van der Waals surface area contributed by atoms with Crippen molar-refractivity contribution >= 4 is 40.7 Å². The minimum atomic E-state index is -0.564. The minimum Gasteiger partial charge on any atom is -0.325 e. The number of benzene rings is 1. The molecular weight excluding hydrogens is 351 g/mol. The van der Waals surface area contributed by atoms with E-state index >= 15 is 0 Å². The first-order valence-electron chi connectivity index (χ1n) is 7.39. The molecule has 1 aromatic carbocycles. The van der Waals surface area contributed by atoms with E-state index in [4.69, 9.17) is 23.2 Å². The fourth-order valence-electron chi connectivity index (χ4n) is 2.65. The lowest BCUT2D eigenvalue weighted by Gasteiger charge is -2.23. The Bertz CT molecular complexity index is 770. The zero-order valence-corrected chi connectivity index (χ0v) is 14.1. The third-order valence-corrected chi connectivity index (χ3v) is 4.34. The van der Waals surface area contributed by atoms with Gasteiger partial charge in [0.15, 0.2) is 0 Å². The Morgan fingerprint density at radius 2 is 2.08 bits per heavy atom. The molecule has 0 aliphatic carbocycles. The van der Waals surface area contributed by atoms with Crippen LogP contribution < -0.4 is 5.32 Å². The van der Waals surface area contributed by atoms with Crippen molar-refractivity contribution in [1.29, 1.82) is 0 Å². The molecule has 8 heteroatoms. The van der Waals surface area contributed by atoms with Gasteiger partial charge in [-0.1, -0.05) is 23.2 Å². The molecule has 2 heterocycles. The molecule has 0 spiro atoms. The van der Waals surface area contributed by atoms with Gasteiger partial charge in [0.25, 0.3) is 5.91 Å². The molecule has 1 N–H and O–H groups in total. The van der Waals surface area contributed by atoms with Crippen LogP contribution in [-0.2, 0) is 4.79 Å². The molecule has 3 rings (SSSR count). The molecule has 1 atom stereocenters. The summed E-state index contributed by atoms with van der Waals surface area (Å²) >= 11 is 11.9. The lowest BCUT2D eigenvalue weighted by Crippen LogP contribution is -2.43. The molecule has 0 bridgehead atoms. The van der Waals surface area contributed by atoms with Crippen LogP contribution in [0.1, 0.15) is 23.3 Å². The van der Waals surface area contributed by atoms with E-state index in [0.29, 0.717) is 28.7 Å². The molecule has 1 aromatic heterocycles. The second kappa shape index (κ2) is 7.15. The van der Waals surface area contributed by atoms with Crippen LogP contribution in [-0.4, -0.2) is 39.3 Å². The molecule has 0 saturated carbocycles. The molecule has 1 fully saturated rings. The summed E-state index contributed by atoms with van der Waals surface area (Å²) in [5.41, 5.74) is 0.687. The van der Waals surface area contributed by atoms with E-state index in [0.717, 1.165) is 6.42 Å². The van der Waals surface area contributed by atoms with Gasteiger partial charge in [-0.3, -0.25) is 14.6 Å². The number of rotatable bonds is 3. The lowest BCUT2D eigenvalue weighted by molar-refractivity contribution is -0.119. The van der Waals surface area contributed by atoms with Crippen molar-refractivity contribution in [3.8, 4) is 0 Å². The number of hydrogen-bond acceptors (Lipinski definition) is 4. The number of nitrogens with one attached hydrogen (secondary N) is 1. The molecule has 2 aromatic rings. The molecule has 6 nitrogen and oxygen atoms in total. The highest BCUT2D eigenvalue weighted by atomic mass is 35.5. The molecule has 1 aliphatic rings. The van der Waals surface area contributed by atoms with Crippen LogP contribution in [0.15, 0.2) is 36.8 Å². The molecular formula is C16H14Cl2N4O2. The van der Waals surface area contributed by atoms with Crippen LogP contribution in [0.25, 0.3) is 0 Å². The van der Waals surface area contributed by atoms with Crippen molar-refractivity contribution in [1.82, 2.24) is 14.9 Å². The van der Waals surface area contributed by atoms with E-state index < -0.39 is 6.04 Å². The van der Waals surface area contributed by atoms with Gasteiger partial charge < -0.3 is 10.2 Å². The number of aromatic nitrogens is 2. The third kappa shape index (κ3) is 3.49. The topological polar surface area (TPSA) is 75.2 Å². The van der Waals surface area contributed by atoms with Gasteiger partial charge in [0.1, 0.15) is 11.7 Å². The first-order chi connectivity index (χ1) is 11.6. The van der Waals surface area contributed by atoms with Gasteiger partial charge in [-0.2, -0.15) is 0 Å². The minimum absolute atomic E-state index is 0.224. The first kappa shape index (κ1) is 16.7. The normalized spacial score (nSPS) is 16.9. The standard InChI is InChI=1S/C16H14Cl2N4O2/c17-10-3-4-12(11(18)8-10)21-15(23)14-2-1-7-22(14)16(24)13-9-19-5-6-20-13/h3-6,8-9,14H,1-2,7H2,(H,21,23). The van der Waals surface area contributed by atoms with Crippen LogP contribution in [0.5, 0.6) is 0 Å². The Morgan fingerprint density at radius 3 is 2.79 bits per heavy atom. The van der Waals surface area contributed by atoms with E-state index in [9.17, 15) is 9.59 Å². The van der Waals surface area contributed by atoms with Crippen LogP contribution in [0.2, 0.25) is 10.0 Å². The van der Waals surface area contributed by atoms with Gasteiger partial charge in [0.05, 0.1) is 16.9 Å². The predicted molar refractivity (Wildman–Crippen MR) is 91.2 cm³/mol. The summed E-state index contributed by atoms with van der Waals surface area (Å²) in [7, 11) is 0. The van der Waals surface area contributed by atoms with Gasteiger partial charge in [0, 0.05) is 24.0 Å². The number of carbonyl (C=O) groups is 2. The van der Waals surface area contributed by atoms with Crippen LogP contribution in [0, 0.1) is 0 Å². The fourth-order valence-corrected chi connectivity index (χ4v) is 3.10. The Morgan fingerprint density at radius 1 is 1.25 bits per heavy atom. The van der Waals surface area contributed by atoms with E-state index in [1.807, 2.05) is 0 Å². The van der Waals surface area contributed by atoms with Crippen molar-refractivity contribution in [2.75, 3.05) is 11.9 Å². The van der Waals surface area contributed by atoms with Crippen molar-refractivity contribution in [2.45, 2.75) is 18.9 Å². The quantitative estimate of drug-likeness (QED) is 0.907. The number of carbonyl (C=O) groups excluding carboxylic acids is 2. The largest absolute Gasteiger partial charge is 0.325 e. The Kier molecular flexibility index (Phi) is 4.97. The first-order valence-corrected chi connectivity index (χ1v) is 8.15. The highest BCUT2D eigenvalue weighted by Gasteiger charge is 2.35. The SMILES string of the molecule is O=C(Nc1ccc(Cl)cc1Cl)C1CCCN1C(=O)c1cnccn1. The summed E-state index contributed by atoms with van der Waals surface area (Å²) in [6.45, 7) is 0.502. The number of amides is 2. The Hall–Kier alpha value is -2.18. The average Bonchev–Trinajstić information content (AvgIpc) is 3.07. The maximum absolute atomic E-state index is 12.6. The van der Waals surface area contributed by atoms with Gasteiger partial charge in [-0.05, 0) is 31.0 Å². The van der Waals surface area contributed by atoms with Gasteiger partial charge in [0.2, 0.25) is 5.91 Å². The summed E-state index contributed by atoms with van der Waals surface area (Å²) in [6.07, 6.45) is 5.67. The molecule has 1 unspecified atom stereocenters. The zero-order chi connectivity index (χ0) is 17.1. The van der Waals surface area contributed by atoms with Crippen molar-refractivity contribution in [3.05, 3.63) is 52.5 Å². The van der Waals surface area contributed by atoms with Gasteiger partial charge in [-0.15, -0.1) is 0 Å². The predicted octanol–water partition coefficient (Wildman–Crippen LogP) is 3.03. The van der Waals surface area contributed by atoms with Gasteiger partial charge in [-0.25, -0.2) is 4.98 Å². The summed E-state index contributed by atoms with van der Waals surface area (Å²) in [5.74, 6) is -0.586. The smallest absolute Gasteiger partial charge is 0.274 e. The van der Waals surface area contributed by atoms with Crippen LogP contribution in [0.4, 0.5) is 5.69 Å². The van der Waals surface area contributed by atoms with E-state index in [-0.39, 0.29) is 17.5 Å². The maximum atomic E-state index is 12.6. The molecule has 1 saturated heterocycles. The van der Waals surface area contributed by atoms with Crippen LogP contribution in [0.3, 0.4) is 0 Å². The summed E-state index contributed by atoms with van der Waals surface area (Å²) < 4.78 is 0.